The summed E-state index contributed by atoms with van der Waals surface area (Å²) >= 11 is 0. The van der Waals surface area contributed by atoms with Crippen molar-refractivity contribution in [2.75, 3.05) is 44.4 Å². The van der Waals surface area contributed by atoms with Gasteiger partial charge in [-0.25, -0.2) is 8.42 Å². The maximum Gasteiger partial charge on any atom is 0.191 e. The van der Waals surface area contributed by atoms with Crippen molar-refractivity contribution < 1.29 is 13.2 Å². The predicted octanol–water partition coefficient (Wildman–Crippen LogP) is 0.403. The molecule has 0 atom stereocenters. The number of hydrogen-bond acceptors (Lipinski definition) is 4. The van der Waals surface area contributed by atoms with E-state index in [4.69, 9.17) is 4.74 Å². The number of ether oxygens (including phenoxy) is 1. The second-order valence-electron chi connectivity index (χ2n) is 3.97. The van der Waals surface area contributed by atoms with Gasteiger partial charge < -0.3 is 15.4 Å². The zero-order valence-electron chi connectivity index (χ0n) is 12.2. The van der Waals surface area contributed by atoms with E-state index in [1.165, 1.54) is 0 Å². The molecule has 0 unspecified atom stereocenters. The van der Waals surface area contributed by atoms with E-state index in [0.29, 0.717) is 25.7 Å². The van der Waals surface area contributed by atoms with E-state index in [1.54, 1.807) is 6.92 Å². The summed E-state index contributed by atoms with van der Waals surface area (Å²) < 4.78 is 27.9. The van der Waals surface area contributed by atoms with Crippen molar-refractivity contribution in [1.82, 2.24) is 10.6 Å². The normalized spacial score (nSPS) is 12.5. The Labute approximate surface area is 116 Å². The van der Waals surface area contributed by atoms with E-state index in [1.807, 2.05) is 13.8 Å². The number of sulfone groups is 1. The Kier molecular flexibility index (Phi) is 10.6. The number of aliphatic imine (C=N–C) groups is 1. The molecule has 0 rings (SSSR count). The van der Waals surface area contributed by atoms with Crippen LogP contribution in [0.25, 0.3) is 0 Å². The molecule has 7 heteroatoms. The van der Waals surface area contributed by atoms with Crippen molar-refractivity contribution in [2.45, 2.75) is 27.2 Å². The van der Waals surface area contributed by atoms with E-state index >= 15 is 0 Å². The Bertz CT molecular complexity index is 342. The lowest BCUT2D eigenvalue weighted by Gasteiger charge is -2.11. The molecule has 0 aromatic rings. The first kappa shape index (κ1) is 18.2. The molecule has 0 radical (unpaired) electrons. The molecule has 0 aliphatic rings. The second-order valence-corrected chi connectivity index (χ2v) is 6.45. The highest BCUT2D eigenvalue weighted by molar-refractivity contribution is 7.91. The van der Waals surface area contributed by atoms with Gasteiger partial charge in [-0.2, -0.15) is 0 Å². The van der Waals surface area contributed by atoms with Gasteiger partial charge in [0, 0.05) is 38.6 Å². The molecule has 114 valence electrons. The Hall–Kier alpha value is -0.820. The second kappa shape index (κ2) is 11.0. The van der Waals surface area contributed by atoms with E-state index in [9.17, 15) is 8.42 Å². The molecular formula is C12H27N3O3S. The van der Waals surface area contributed by atoms with Gasteiger partial charge >= 0.3 is 0 Å². The Balaban J connectivity index is 4.00. The number of rotatable bonds is 10. The van der Waals surface area contributed by atoms with Crippen LogP contribution >= 0.6 is 0 Å². The minimum absolute atomic E-state index is 0.132. The van der Waals surface area contributed by atoms with E-state index in [2.05, 4.69) is 15.6 Å². The van der Waals surface area contributed by atoms with Gasteiger partial charge in [-0.1, -0.05) is 6.92 Å². The molecule has 0 bridgehead atoms. The average molecular weight is 293 g/mol. The Morgan fingerprint density at radius 3 is 2.53 bits per heavy atom. The first-order valence-electron chi connectivity index (χ1n) is 6.86. The molecule has 0 heterocycles. The molecule has 0 aliphatic heterocycles. The van der Waals surface area contributed by atoms with Crippen LogP contribution in [-0.2, 0) is 14.6 Å². The first-order chi connectivity index (χ1) is 9.05. The molecular weight excluding hydrogens is 266 g/mol. The third kappa shape index (κ3) is 10.8. The zero-order chi connectivity index (χ0) is 14.6. The van der Waals surface area contributed by atoms with Crippen LogP contribution in [0.4, 0.5) is 0 Å². The van der Waals surface area contributed by atoms with Gasteiger partial charge in [0.25, 0.3) is 0 Å². The summed E-state index contributed by atoms with van der Waals surface area (Å²) in [6.07, 6.45) is 0.859. The van der Waals surface area contributed by atoms with Crippen molar-refractivity contribution in [3.63, 3.8) is 0 Å². The molecule has 0 aliphatic carbocycles. The molecule has 6 nitrogen and oxygen atoms in total. The highest BCUT2D eigenvalue weighted by Crippen LogP contribution is 1.88. The van der Waals surface area contributed by atoms with Gasteiger partial charge in [-0.3, -0.25) is 4.99 Å². The third-order valence-electron chi connectivity index (χ3n) is 2.41. The fourth-order valence-corrected chi connectivity index (χ4v) is 2.01. The number of hydrogen-bond donors (Lipinski definition) is 2. The SMILES string of the molecule is CCNC(=NCCCOCC)NCCS(=O)(=O)CC. The van der Waals surface area contributed by atoms with Crippen molar-refractivity contribution in [3.8, 4) is 0 Å². The summed E-state index contributed by atoms with van der Waals surface area (Å²) in [7, 11) is -2.93. The molecule has 0 saturated carbocycles. The van der Waals surface area contributed by atoms with E-state index in [-0.39, 0.29) is 11.5 Å². The van der Waals surface area contributed by atoms with Gasteiger partial charge in [-0.05, 0) is 20.3 Å². The lowest BCUT2D eigenvalue weighted by Crippen LogP contribution is -2.39. The van der Waals surface area contributed by atoms with Crippen LogP contribution < -0.4 is 10.6 Å². The van der Waals surface area contributed by atoms with Crippen molar-refractivity contribution in [3.05, 3.63) is 0 Å². The quantitative estimate of drug-likeness (QED) is 0.346. The van der Waals surface area contributed by atoms with Gasteiger partial charge in [0.05, 0.1) is 5.75 Å². The lowest BCUT2D eigenvalue weighted by molar-refractivity contribution is 0.146. The smallest absolute Gasteiger partial charge is 0.191 e. The summed E-state index contributed by atoms with van der Waals surface area (Å²) in [6, 6.07) is 0. The maximum atomic E-state index is 11.4. The van der Waals surface area contributed by atoms with Crippen LogP contribution in [0.3, 0.4) is 0 Å². The minimum Gasteiger partial charge on any atom is -0.382 e. The summed E-state index contributed by atoms with van der Waals surface area (Å²) in [5, 5.41) is 6.10. The van der Waals surface area contributed by atoms with Crippen LogP contribution in [0.2, 0.25) is 0 Å². The number of nitrogens with zero attached hydrogens (tertiary/aromatic N) is 1. The Morgan fingerprint density at radius 1 is 1.21 bits per heavy atom. The number of guanidine groups is 1. The van der Waals surface area contributed by atoms with Crippen molar-refractivity contribution >= 4 is 15.8 Å². The molecule has 0 amide bonds. The maximum absolute atomic E-state index is 11.4. The predicted molar refractivity (Wildman–Crippen MR) is 79.4 cm³/mol. The van der Waals surface area contributed by atoms with Crippen LogP contribution in [0.5, 0.6) is 0 Å². The molecule has 0 fully saturated rings. The number of nitrogens with one attached hydrogen (secondary N) is 2. The average Bonchev–Trinajstić information content (AvgIpc) is 2.38. The fraction of sp³-hybridized carbons (Fsp3) is 0.917. The molecule has 0 aromatic carbocycles. The van der Waals surface area contributed by atoms with Crippen LogP contribution in [0, 0.1) is 0 Å². The molecule has 2 N–H and O–H groups in total. The van der Waals surface area contributed by atoms with Crippen LogP contribution in [-0.4, -0.2) is 58.7 Å². The highest BCUT2D eigenvalue weighted by atomic mass is 32.2. The summed E-state index contributed by atoms with van der Waals surface area (Å²) in [4.78, 5) is 4.35. The molecule has 0 saturated heterocycles. The topological polar surface area (TPSA) is 79.8 Å². The van der Waals surface area contributed by atoms with Gasteiger partial charge in [0.2, 0.25) is 0 Å². The van der Waals surface area contributed by atoms with Gasteiger partial charge in [-0.15, -0.1) is 0 Å². The standard InChI is InChI=1S/C12H27N3O3S/c1-4-13-12(14-8-7-10-18-5-2)15-9-11-19(16,17)6-3/h4-11H2,1-3H3,(H2,13,14,15). The van der Waals surface area contributed by atoms with E-state index < -0.39 is 9.84 Å². The van der Waals surface area contributed by atoms with Crippen LogP contribution in [0.1, 0.15) is 27.2 Å². The summed E-state index contributed by atoms with van der Waals surface area (Å²) in [6.45, 7) is 8.80. The summed E-state index contributed by atoms with van der Waals surface area (Å²) in [5.74, 6) is 0.967. The van der Waals surface area contributed by atoms with E-state index in [0.717, 1.165) is 19.6 Å². The Morgan fingerprint density at radius 2 is 1.95 bits per heavy atom. The zero-order valence-corrected chi connectivity index (χ0v) is 13.1. The van der Waals surface area contributed by atoms with Gasteiger partial charge in [0.1, 0.15) is 0 Å². The largest absolute Gasteiger partial charge is 0.382 e. The highest BCUT2D eigenvalue weighted by Gasteiger charge is 2.07. The third-order valence-corrected chi connectivity index (χ3v) is 4.12. The molecule has 0 spiro atoms. The van der Waals surface area contributed by atoms with Crippen molar-refractivity contribution in [2.24, 2.45) is 4.99 Å². The summed E-state index contributed by atoms with van der Waals surface area (Å²) in [5.41, 5.74) is 0. The molecule has 0 aromatic heterocycles. The first-order valence-corrected chi connectivity index (χ1v) is 8.68. The fourth-order valence-electron chi connectivity index (χ4n) is 1.31. The molecule has 19 heavy (non-hydrogen) atoms. The lowest BCUT2D eigenvalue weighted by atomic mass is 10.4. The van der Waals surface area contributed by atoms with Gasteiger partial charge in [0.15, 0.2) is 15.8 Å². The minimum atomic E-state index is -2.93. The van der Waals surface area contributed by atoms with Crippen molar-refractivity contribution in [1.29, 1.82) is 0 Å². The van der Waals surface area contributed by atoms with Crippen LogP contribution in [0.15, 0.2) is 4.99 Å². The monoisotopic (exact) mass is 293 g/mol.